The molecule has 12 heteroatoms. The van der Waals surface area contributed by atoms with Crippen molar-refractivity contribution in [1.82, 2.24) is 0 Å². The summed E-state index contributed by atoms with van der Waals surface area (Å²) in [6, 6.07) is 7.20. The number of hydrogen-bond donors (Lipinski definition) is 0. The van der Waals surface area contributed by atoms with Crippen molar-refractivity contribution in [3.05, 3.63) is 58.6 Å². The first-order valence-electron chi connectivity index (χ1n) is 9.03. The largest absolute Gasteiger partial charge is 0.490 e. The predicted octanol–water partition coefficient (Wildman–Crippen LogP) is 3.85. The van der Waals surface area contributed by atoms with Crippen LogP contribution in [0.4, 0.5) is 8.78 Å². The molecule has 1 heterocycles. The summed E-state index contributed by atoms with van der Waals surface area (Å²) in [5.74, 6) is -2.40. The Morgan fingerprint density at radius 2 is 1.74 bits per heavy atom. The standard InChI is InChI=1S/C19H19ClF2O6S3/c1-30(23,24)28-8-9-29-11-12-10-27-18-16(22)7-6-15(21)17(18)19(12)31(25,26)14-4-2-13(20)3-5-14/h2-7,12,19H,8-11H2,1H3/t12-,19-/m1/s1. The van der Waals surface area contributed by atoms with Gasteiger partial charge in [0.05, 0.1) is 29.9 Å². The third-order valence-corrected chi connectivity index (χ3v) is 8.77. The van der Waals surface area contributed by atoms with Gasteiger partial charge in [0.1, 0.15) is 11.1 Å². The minimum atomic E-state index is -4.13. The molecule has 6 nitrogen and oxygen atoms in total. The van der Waals surface area contributed by atoms with Gasteiger partial charge < -0.3 is 4.74 Å². The van der Waals surface area contributed by atoms with Crippen LogP contribution in [0.3, 0.4) is 0 Å². The lowest BCUT2D eigenvalue weighted by Gasteiger charge is -2.33. The Balaban J connectivity index is 1.93. The highest BCUT2D eigenvalue weighted by Gasteiger charge is 2.44. The van der Waals surface area contributed by atoms with Crippen molar-refractivity contribution in [2.75, 3.05) is 31.0 Å². The van der Waals surface area contributed by atoms with Crippen molar-refractivity contribution in [2.24, 2.45) is 5.92 Å². The zero-order valence-electron chi connectivity index (χ0n) is 16.3. The first-order valence-corrected chi connectivity index (χ1v) is 13.9. The van der Waals surface area contributed by atoms with Crippen molar-refractivity contribution < 1.29 is 34.5 Å². The Kier molecular flexibility index (Phi) is 7.52. The predicted molar refractivity (Wildman–Crippen MR) is 115 cm³/mol. The van der Waals surface area contributed by atoms with Crippen LogP contribution in [-0.2, 0) is 24.1 Å². The van der Waals surface area contributed by atoms with Gasteiger partial charge in [0.2, 0.25) is 0 Å². The second kappa shape index (κ2) is 9.62. The molecule has 0 spiro atoms. The average molecular weight is 513 g/mol. The molecule has 0 bridgehead atoms. The Bertz CT molecular complexity index is 1150. The van der Waals surface area contributed by atoms with Crippen LogP contribution in [0.25, 0.3) is 0 Å². The van der Waals surface area contributed by atoms with Crippen LogP contribution in [0.5, 0.6) is 5.75 Å². The van der Waals surface area contributed by atoms with Gasteiger partial charge in [-0.1, -0.05) is 11.6 Å². The first kappa shape index (κ1) is 24.2. The second-order valence-electron chi connectivity index (χ2n) is 6.86. The number of rotatable bonds is 8. The van der Waals surface area contributed by atoms with Crippen molar-refractivity contribution in [1.29, 1.82) is 0 Å². The van der Waals surface area contributed by atoms with E-state index < -0.39 is 48.5 Å². The quantitative estimate of drug-likeness (QED) is 0.392. The summed E-state index contributed by atoms with van der Waals surface area (Å²) in [6.45, 7) is -0.240. The van der Waals surface area contributed by atoms with Crippen molar-refractivity contribution in [3.8, 4) is 5.75 Å². The fourth-order valence-corrected chi connectivity index (χ4v) is 6.99. The van der Waals surface area contributed by atoms with Crippen molar-refractivity contribution >= 4 is 43.3 Å². The maximum atomic E-state index is 14.7. The molecule has 0 aliphatic carbocycles. The molecule has 0 saturated heterocycles. The zero-order valence-corrected chi connectivity index (χ0v) is 19.5. The summed E-state index contributed by atoms with van der Waals surface area (Å²) in [4.78, 5) is -0.0752. The number of benzene rings is 2. The summed E-state index contributed by atoms with van der Waals surface area (Å²) < 4.78 is 88.1. The van der Waals surface area contributed by atoms with Gasteiger partial charge in [-0.25, -0.2) is 17.2 Å². The van der Waals surface area contributed by atoms with Crippen molar-refractivity contribution in [2.45, 2.75) is 10.1 Å². The molecule has 0 saturated carbocycles. The lowest BCUT2D eigenvalue weighted by Crippen LogP contribution is -2.34. The van der Waals surface area contributed by atoms with E-state index in [4.69, 9.17) is 16.3 Å². The number of thioether (sulfide) groups is 1. The van der Waals surface area contributed by atoms with Crippen LogP contribution in [-0.4, -0.2) is 47.8 Å². The highest BCUT2D eigenvalue weighted by molar-refractivity contribution is 7.99. The molecule has 31 heavy (non-hydrogen) atoms. The van der Waals surface area contributed by atoms with Crippen LogP contribution >= 0.6 is 23.4 Å². The lowest BCUT2D eigenvalue weighted by molar-refractivity contribution is 0.215. The topological polar surface area (TPSA) is 86.7 Å². The highest BCUT2D eigenvalue weighted by atomic mass is 35.5. The molecule has 170 valence electrons. The number of hydrogen-bond acceptors (Lipinski definition) is 7. The van der Waals surface area contributed by atoms with Crippen molar-refractivity contribution in [3.63, 3.8) is 0 Å². The second-order valence-corrected chi connectivity index (χ2v) is 12.2. The van der Waals surface area contributed by atoms with Gasteiger partial charge in [-0.05, 0) is 36.4 Å². The Hall–Kier alpha value is -1.40. The zero-order chi connectivity index (χ0) is 22.8. The van der Waals surface area contributed by atoms with Crippen LogP contribution in [0.2, 0.25) is 5.02 Å². The maximum absolute atomic E-state index is 14.7. The molecule has 3 rings (SSSR count). The van der Waals surface area contributed by atoms with E-state index in [2.05, 4.69) is 4.18 Å². The normalized spacial score (nSPS) is 19.0. The molecule has 0 amide bonds. The number of ether oxygens (including phenoxy) is 1. The lowest BCUT2D eigenvalue weighted by atomic mass is 9.96. The number of sulfone groups is 1. The SMILES string of the molecule is CS(=O)(=O)OCCSC[C@H]1COc2c(F)ccc(F)c2[C@@H]1S(=O)(=O)c1ccc(Cl)cc1. The summed E-state index contributed by atoms with van der Waals surface area (Å²) in [5.41, 5.74) is -0.348. The molecular weight excluding hydrogens is 494 g/mol. The molecule has 2 aromatic rings. The van der Waals surface area contributed by atoms with Crippen LogP contribution in [0, 0.1) is 17.6 Å². The van der Waals surface area contributed by atoms with Gasteiger partial charge in [-0.2, -0.15) is 20.2 Å². The first-order chi connectivity index (χ1) is 14.5. The van der Waals surface area contributed by atoms with E-state index in [1.165, 1.54) is 36.0 Å². The molecule has 2 aromatic carbocycles. The summed E-state index contributed by atoms with van der Waals surface area (Å²) in [7, 11) is -7.72. The molecule has 0 unspecified atom stereocenters. The molecule has 1 aliphatic rings. The van der Waals surface area contributed by atoms with Crippen LogP contribution in [0.1, 0.15) is 10.8 Å². The summed E-state index contributed by atoms with van der Waals surface area (Å²) in [5, 5.41) is -1.06. The minimum Gasteiger partial charge on any atom is -0.490 e. The van der Waals surface area contributed by atoms with E-state index in [1.54, 1.807) is 0 Å². The molecule has 0 aromatic heterocycles. The van der Waals surface area contributed by atoms with Gasteiger partial charge in [0.15, 0.2) is 21.4 Å². The molecule has 1 aliphatic heterocycles. The third-order valence-electron chi connectivity index (χ3n) is 4.58. The van der Waals surface area contributed by atoms with Gasteiger partial charge in [-0.3, -0.25) is 4.18 Å². The summed E-state index contributed by atoms with van der Waals surface area (Å²) >= 11 is 7.08. The molecule has 0 radical (unpaired) electrons. The Morgan fingerprint density at radius 1 is 1.10 bits per heavy atom. The fraction of sp³-hybridized carbons (Fsp3) is 0.368. The van der Waals surface area contributed by atoms with E-state index in [1.807, 2.05) is 0 Å². The number of halogens is 3. The van der Waals surface area contributed by atoms with Gasteiger partial charge in [0, 0.05) is 22.4 Å². The molecule has 2 atom stereocenters. The maximum Gasteiger partial charge on any atom is 0.264 e. The van der Waals surface area contributed by atoms with Gasteiger partial charge in [-0.15, -0.1) is 0 Å². The fourth-order valence-electron chi connectivity index (χ4n) is 3.27. The molecule has 0 fully saturated rings. The Labute approximate surface area is 188 Å². The minimum absolute atomic E-state index is 0.0752. The van der Waals surface area contributed by atoms with E-state index in [9.17, 15) is 25.6 Å². The van der Waals surface area contributed by atoms with E-state index in [0.717, 1.165) is 18.4 Å². The highest BCUT2D eigenvalue weighted by Crippen LogP contribution is 2.46. The molecule has 0 N–H and O–H groups in total. The van der Waals surface area contributed by atoms with Crippen LogP contribution < -0.4 is 4.74 Å². The van der Waals surface area contributed by atoms with E-state index in [0.29, 0.717) is 5.02 Å². The van der Waals surface area contributed by atoms with E-state index >= 15 is 0 Å². The van der Waals surface area contributed by atoms with E-state index in [-0.39, 0.29) is 35.2 Å². The van der Waals surface area contributed by atoms with Crippen LogP contribution in [0.15, 0.2) is 41.3 Å². The smallest absolute Gasteiger partial charge is 0.264 e. The average Bonchev–Trinajstić information content (AvgIpc) is 2.69. The third kappa shape index (κ3) is 5.70. The summed E-state index contributed by atoms with van der Waals surface area (Å²) in [6.07, 6.45) is 0.926. The Morgan fingerprint density at radius 3 is 2.39 bits per heavy atom. The van der Waals surface area contributed by atoms with Gasteiger partial charge in [0.25, 0.3) is 10.1 Å². The number of fused-ring (bicyclic) bond motifs is 1. The molecular formula is C19H19ClF2O6S3. The monoisotopic (exact) mass is 512 g/mol. The van der Waals surface area contributed by atoms with Gasteiger partial charge >= 0.3 is 0 Å².